The largest absolute Gasteiger partial charge is 0.356 e. The first-order valence-corrected chi connectivity index (χ1v) is 11.6. The Morgan fingerprint density at radius 2 is 1.86 bits per heavy atom. The standard InChI is InChI=1S/C26H24N8O/c1-17(35)32-10-12-33(13-11-32)25-26-30-23(19-4-2-18(15-27)3-5-19)24(34(26)9-8-28-25)20-6-7-22-21(14-20)16-29-31-22/h2-9,14,16,26,30H,10-13H2,1H3,(H,29,31). The zero-order valence-electron chi connectivity index (χ0n) is 19.3. The van der Waals surface area contributed by atoms with Crippen LogP contribution in [0.1, 0.15) is 23.6 Å². The molecule has 1 saturated heterocycles. The smallest absolute Gasteiger partial charge is 0.219 e. The van der Waals surface area contributed by atoms with E-state index in [1.807, 2.05) is 53.8 Å². The second kappa shape index (κ2) is 8.33. The Balaban J connectivity index is 1.39. The van der Waals surface area contributed by atoms with Gasteiger partial charge in [0.2, 0.25) is 5.91 Å². The summed E-state index contributed by atoms with van der Waals surface area (Å²) in [7, 11) is 0. The van der Waals surface area contributed by atoms with Crippen LogP contribution in [-0.2, 0) is 4.79 Å². The van der Waals surface area contributed by atoms with Crippen LogP contribution in [0.15, 0.2) is 66.1 Å². The molecule has 174 valence electrons. The van der Waals surface area contributed by atoms with Crippen LogP contribution in [-0.4, -0.2) is 69.0 Å². The Morgan fingerprint density at radius 3 is 2.60 bits per heavy atom. The molecule has 0 spiro atoms. The molecule has 1 atom stereocenters. The molecule has 1 fully saturated rings. The van der Waals surface area contributed by atoms with E-state index >= 15 is 0 Å². The lowest BCUT2D eigenvalue weighted by atomic mass is 10.0. The summed E-state index contributed by atoms with van der Waals surface area (Å²) in [6.07, 6.45) is 5.49. The van der Waals surface area contributed by atoms with E-state index < -0.39 is 0 Å². The van der Waals surface area contributed by atoms with Crippen molar-refractivity contribution < 1.29 is 4.79 Å². The molecule has 4 heterocycles. The molecule has 6 rings (SSSR count). The number of hydrogen-bond acceptors (Lipinski definition) is 7. The molecule has 9 heteroatoms. The van der Waals surface area contributed by atoms with Gasteiger partial charge in [0.1, 0.15) is 5.84 Å². The number of amidine groups is 1. The highest BCUT2D eigenvalue weighted by Crippen LogP contribution is 2.38. The van der Waals surface area contributed by atoms with Crippen molar-refractivity contribution in [2.45, 2.75) is 13.1 Å². The van der Waals surface area contributed by atoms with Gasteiger partial charge in [0.25, 0.3) is 0 Å². The minimum Gasteiger partial charge on any atom is -0.356 e. The zero-order valence-corrected chi connectivity index (χ0v) is 19.3. The summed E-state index contributed by atoms with van der Waals surface area (Å²) < 4.78 is 0. The summed E-state index contributed by atoms with van der Waals surface area (Å²) in [6.45, 7) is 4.46. The average molecular weight is 465 g/mol. The van der Waals surface area contributed by atoms with Crippen LogP contribution >= 0.6 is 0 Å². The van der Waals surface area contributed by atoms with E-state index in [9.17, 15) is 10.1 Å². The predicted octanol–water partition coefficient (Wildman–Crippen LogP) is 2.54. The third-order valence-electron chi connectivity index (χ3n) is 6.80. The van der Waals surface area contributed by atoms with Gasteiger partial charge in [0.05, 0.1) is 34.7 Å². The monoisotopic (exact) mass is 464 g/mol. The van der Waals surface area contributed by atoms with Crippen molar-refractivity contribution in [1.82, 2.24) is 30.2 Å². The summed E-state index contributed by atoms with van der Waals surface area (Å²) in [4.78, 5) is 22.9. The maximum Gasteiger partial charge on any atom is 0.219 e. The number of rotatable bonds is 2. The molecule has 3 aromatic rings. The van der Waals surface area contributed by atoms with Gasteiger partial charge in [-0.15, -0.1) is 0 Å². The molecule has 35 heavy (non-hydrogen) atoms. The van der Waals surface area contributed by atoms with Crippen LogP contribution in [0.4, 0.5) is 0 Å². The number of benzene rings is 2. The van der Waals surface area contributed by atoms with Gasteiger partial charge in [0.15, 0.2) is 6.17 Å². The third-order valence-corrected chi connectivity index (χ3v) is 6.80. The minimum atomic E-state index is -0.176. The van der Waals surface area contributed by atoms with Crippen molar-refractivity contribution in [3.05, 3.63) is 77.8 Å². The molecular formula is C26H24N8O. The van der Waals surface area contributed by atoms with Crippen LogP contribution in [0.5, 0.6) is 0 Å². The van der Waals surface area contributed by atoms with Crippen LogP contribution in [0.2, 0.25) is 0 Å². The number of aliphatic imine (C=N–C) groups is 1. The number of carbonyl (C=O) groups excluding carboxylic acids is 1. The van der Waals surface area contributed by atoms with Crippen molar-refractivity contribution in [1.29, 1.82) is 5.26 Å². The average Bonchev–Trinajstić information content (AvgIpc) is 3.53. The number of carbonyl (C=O) groups is 1. The van der Waals surface area contributed by atoms with Crippen molar-refractivity contribution in [2.75, 3.05) is 26.2 Å². The summed E-state index contributed by atoms with van der Waals surface area (Å²) >= 11 is 0. The molecule has 0 radical (unpaired) electrons. The number of fused-ring (bicyclic) bond motifs is 2. The lowest BCUT2D eigenvalue weighted by molar-refractivity contribution is -0.130. The summed E-state index contributed by atoms with van der Waals surface area (Å²) in [6, 6.07) is 16.1. The van der Waals surface area contributed by atoms with E-state index in [2.05, 4.69) is 43.5 Å². The Hall–Kier alpha value is -4.58. The number of piperazine rings is 1. The van der Waals surface area contributed by atoms with Gasteiger partial charge in [0, 0.05) is 56.5 Å². The van der Waals surface area contributed by atoms with E-state index in [-0.39, 0.29) is 12.1 Å². The number of H-pyrrole nitrogens is 1. The maximum atomic E-state index is 11.8. The molecule has 1 unspecified atom stereocenters. The molecule has 2 aromatic carbocycles. The Bertz CT molecular complexity index is 1430. The van der Waals surface area contributed by atoms with Crippen molar-refractivity contribution in [3.8, 4) is 6.07 Å². The quantitative estimate of drug-likeness (QED) is 0.604. The Kier molecular flexibility index (Phi) is 4.99. The fourth-order valence-corrected chi connectivity index (χ4v) is 4.95. The number of hydrogen-bond donors (Lipinski definition) is 2. The lowest BCUT2D eigenvalue weighted by Crippen LogP contribution is -2.57. The van der Waals surface area contributed by atoms with Gasteiger partial charge in [-0.2, -0.15) is 10.4 Å². The molecule has 3 aliphatic rings. The predicted molar refractivity (Wildman–Crippen MR) is 133 cm³/mol. The van der Waals surface area contributed by atoms with Gasteiger partial charge in [-0.3, -0.25) is 9.89 Å². The van der Waals surface area contributed by atoms with Crippen LogP contribution < -0.4 is 5.32 Å². The topological polar surface area (TPSA) is 104 Å². The first-order valence-electron chi connectivity index (χ1n) is 11.6. The Morgan fingerprint density at radius 1 is 1.09 bits per heavy atom. The normalized spacial score (nSPS) is 19.5. The number of aromatic nitrogens is 2. The van der Waals surface area contributed by atoms with E-state index in [0.29, 0.717) is 18.7 Å². The molecule has 1 aromatic heterocycles. The molecule has 3 aliphatic heterocycles. The van der Waals surface area contributed by atoms with Gasteiger partial charge in [-0.05, 0) is 29.8 Å². The Labute approximate surface area is 202 Å². The van der Waals surface area contributed by atoms with Crippen LogP contribution in [0.3, 0.4) is 0 Å². The lowest BCUT2D eigenvalue weighted by Gasteiger charge is -2.40. The highest BCUT2D eigenvalue weighted by atomic mass is 16.2. The molecule has 0 saturated carbocycles. The van der Waals surface area contributed by atoms with Gasteiger partial charge >= 0.3 is 0 Å². The van der Waals surface area contributed by atoms with Gasteiger partial charge in [-0.25, -0.2) is 4.99 Å². The molecule has 0 aliphatic carbocycles. The van der Waals surface area contributed by atoms with E-state index in [1.165, 1.54) is 0 Å². The van der Waals surface area contributed by atoms with Crippen LogP contribution in [0.25, 0.3) is 22.3 Å². The summed E-state index contributed by atoms with van der Waals surface area (Å²) in [5.74, 6) is 1.04. The summed E-state index contributed by atoms with van der Waals surface area (Å²) in [5, 5.41) is 21.2. The van der Waals surface area contributed by atoms with Gasteiger partial charge in [-0.1, -0.05) is 18.2 Å². The molecule has 1 amide bonds. The number of nitrogens with one attached hydrogen (secondary N) is 2. The van der Waals surface area contributed by atoms with E-state index in [1.54, 1.807) is 6.92 Å². The second-order valence-corrected chi connectivity index (χ2v) is 8.82. The van der Waals surface area contributed by atoms with E-state index in [4.69, 9.17) is 4.99 Å². The minimum absolute atomic E-state index is 0.109. The van der Waals surface area contributed by atoms with Crippen molar-refractivity contribution >= 4 is 34.0 Å². The fourth-order valence-electron chi connectivity index (χ4n) is 4.95. The SMILES string of the molecule is CC(=O)N1CCN(C2=NC=CN3C(c4ccc5[nH]ncc5c4)=C(c4ccc(C#N)cc4)NC23)CC1. The highest BCUT2D eigenvalue weighted by Gasteiger charge is 2.39. The number of aromatic amines is 1. The zero-order chi connectivity index (χ0) is 23.9. The first-order chi connectivity index (χ1) is 17.1. The second-order valence-electron chi connectivity index (χ2n) is 8.82. The maximum absolute atomic E-state index is 11.8. The number of nitrogens with zero attached hydrogens (tertiary/aromatic N) is 6. The first kappa shape index (κ1) is 21.0. The molecule has 9 nitrogen and oxygen atoms in total. The number of nitriles is 1. The van der Waals surface area contributed by atoms with E-state index in [0.717, 1.165) is 52.3 Å². The highest BCUT2D eigenvalue weighted by molar-refractivity contribution is 6.01. The third kappa shape index (κ3) is 3.60. The van der Waals surface area contributed by atoms with Crippen LogP contribution in [0, 0.1) is 11.3 Å². The number of amides is 1. The fraction of sp³-hybridized carbons (Fsp3) is 0.231. The molecular weight excluding hydrogens is 440 g/mol. The van der Waals surface area contributed by atoms with Gasteiger partial charge < -0.3 is 20.0 Å². The molecule has 0 bridgehead atoms. The molecule has 2 N–H and O–H groups in total. The van der Waals surface area contributed by atoms with Crippen molar-refractivity contribution in [2.24, 2.45) is 4.99 Å². The summed E-state index contributed by atoms with van der Waals surface area (Å²) in [5.41, 5.74) is 5.67. The van der Waals surface area contributed by atoms with Crippen molar-refractivity contribution in [3.63, 3.8) is 0 Å².